The minimum absolute atomic E-state index is 0.467. The number of hydrogen-bond acceptors (Lipinski definition) is 1. The third-order valence-electron chi connectivity index (χ3n) is 4.63. The summed E-state index contributed by atoms with van der Waals surface area (Å²) in [6, 6.07) is 19.6. The van der Waals surface area contributed by atoms with Gasteiger partial charge in [-0.15, -0.1) is 0 Å². The lowest BCUT2D eigenvalue weighted by Gasteiger charge is -2.29. The molecule has 2 atom stereocenters. The Hall–Kier alpha value is -2.04. The van der Waals surface area contributed by atoms with Crippen molar-refractivity contribution in [2.75, 3.05) is 0 Å². The van der Waals surface area contributed by atoms with Crippen LogP contribution in [0.5, 0.6) is 0 Å². The van der Waals surface area contributed by atoms with Gasteiger partial charge in [0.2, 0.25) is 0 Å². The summed E-state index contributed by atoms with van der Waals surface area (Å²) in [5.74, 6) is 7.35. The van der Waals surface area contributed by atoms with Crippen LogP contribution in [0.2, 0.25) is 0 Å². The zero-order chi connectivity index (χ0) is 15.9. The summed E-state index contributed by atoms with van der Waals surface area (Å²) in [6.07, 6.45) is 5.07. The molecule has 0 spiro atoms. The first-order chi connectivity index (χ1) is 11.3. The molecule has 0 amide bonds. The summed E-state index contributed by atoms with van der Waals surface area (Å²) in [4.78, 5) is 0. The lowest BCUT2D eigenvalue weighted by Crippen LogP contribution is -2.37. The summed E-state index contributed by atoms with van der Waals surface area (Å²) in [6.45, 7) is 3.07. The standard InChI is InChI=1S/C22H25N/c1-18-11-13-20(14-12-18)17-23-22-10-6-5-9-21(22)16-15-19-7-3-2-4-8-19/h2-4,7-8,11-14,21-23H,5-6,9-10,17H2,1H3. The first-order valence-electron chi connectivity index (χ1n) is 8.67. The maximum Gasteiger partial charge on any atom is 0.0360 e. The van der Waals surface area contributed by atoms with E-state index in [0.29, 0.717) is 12.0 Å². The molecule has 1 aliphatic carbocycles. The Morgan fingerprint density at radius 3 is 2.48 bits per heavy atom. The van der Waals surface area contributed by atoms with E-state index in [9.17, 15) is 0 Å². The van der Waals surface area contributed by atoms with Crippen LogP contribution < -0.4 is 5.32 Å². The molecule has 0 aromatic heterocycles. The van der Waals surface area contributed by atoms with Gasteiger partial charge in [0.15, 0.2) is 0 Å². The summed E-state index contributed by atoms with van der Waals surface area (Å²) in [7, 11) is 0. The van der Waals surface area contributed by atoms with E-state index in [1.165, 1.54) is 36.8 Å². The summed E-state index contributed by atoms with van der Waals surface area (Å²) in [5.41, 5.74) is 3.80. The fourth-order valence-electron chi connectivity index (χ4n) is 3.20. The van der Waals surface area contributed by atoms with E-state index >= 15 is 0 Å². The van der Waals surface area contributed by atoms with Crippen molar-refractivity contribution in [3.8, 4) is 11.8 Å². The molecule has 0 aliphatic heterocycles. The highest BCUT2D eigenvalue weighted by Gasteiger charge is 2.22. The number of hydrogen-bond donors (Lipinski definition) is 1. The smallest absolute Gasteiger partial charge is 0.0360 e. The van der Waals surface area contributed by atoms with Crippen LogP contribution in [0.4, 0.5) is 0 Å². The van der Waals surface area contributed by atoms with Crippen molar-refractivity contribution in [2.45, 2.75) is 45.2 Å². The highest BCUT2D eigenvalue weighted by molar-refractivity contribution is 5.34. The zero-order valence-corrected chi connectivity index (χ0v) is 13.9. The van der Waals surface area contributed by atoms with Crippen LogP contribution >= 0.6 is 0 Å². The molecule has 1 nitrogen and oxygen atoms in total. The van der Waals surface area contributed by atoms with E-state index in [0.717, 1.165) is 12.1 Å². The molecule has 118 valence electrons. The van der Waals surface area contributed by atoms with Gasteiger partial charge < -0.3 is 5.32 Å². The molecule has 1 aliphatic rings. The van der Waals surface area contributed by atoms with E-state index < -0.39 is 0 Å². The van der Waals surface area contributed by atoms with Gasteiger partial charge in [-0.25, -0.2) is 0 Å². The molecule has 0 saturated heterocycles. The Morgan fingerprint density at radius 2 is 1.70 bits per heavy atom. The molecule has 1 fully saturated rings. The second-order valence-corrected chi connectivity index (χ2v) is 6.50. The van der Waals surface area contributed by atoms with Crippen molar-refractivity contribution in [1.29, 1.82) is 0 Å². The van der Waals surface area contributed by atoms with Crippen molar-refractivity contribution in [3.05, 3.63) is 71.3 Å². The molecule has 0 bridgehead atoms. The molecule has 3 rings (SSSR count). The van der Waals surface area contributed by atoms with Crippen molar-refractivity contribution in [2.24, 2.45) is 5.92 Å². The molecule has 2 unspecified atom stereocenters. The van der Waals surface area contributed by atoms with E-state index in [1.807, 2.05) is 6.07 Å². The van der Waals surface area contributed by atoms with Gasteiger partial charge in [0.1, 0.15) is 0 Å². The largest absolute Gasteiger partial charge is 0.309 e. The first kappa shape index (κ1) is 15.8. The predicted octanol–water partition coefficient (Wildman–Crippen LogP) is 4.70. The Kier molecular flexibility index (Phi) is 5.51. The maximum absolute atomic E-state index is 3.74. The van der Waals surface area contributed by atoms with Crippen LogP contribution in [-0.4, -0.2) is 6.04 Å². The molecular formula is C22H25N. The van der Waals surface area contributed by atoms with Gasteiger partial charge >= 0.3 is 0 Å². The van der Waals surface area contributed by atoms with Crippen LogP contribution in [0, 0.1) is 24.7 Å². The fraction of sp³-hybridized carbons (Fsp3) is 0.364. The van der Waals surface area contributed by atoms with Crippen LogP contribution in [0.1, 0.15) is 42.4 Å². The summed E-state index contributed by atoms with van der Waals surface area (Å²) in [5, 5.41) is 3.74. The molecule has 0 radical (unpaired) electrons. The Labute approximate surface area is 140 Å². The van der Waals surface area contributed by atoms with Crippen molar-refractivity contribution < 1.29 is 0 Å². The van der Waals surface area contributed by atoms with Gasteiger partial charge in [-0.05, 0) is 37.5 Å². The van der Waals surface area contributed by atoms with Crippen LogP contribution in [0.3, 0.4) is 0 Å². The molecular weight excluding hydrogens is 278 g/mol. The normalized spacial score (nSPS) is 20.6. The average Bonchev–Trinajstić information content (AvgIpc) is 2.61. The average molecular weight is 303 g/mol. The third kappa shape index (κ3) is 4.71. The van der Waals surface area contributed by atoms with Gasteiger partial charge in [-0.1, -0.05) is 72.7 Å². The maximum atomic E-state index is 3.74. The quantitative estimate of drug-likeness (QED) is 0.811. The van der Waals surface area contributed by atoms with E-state index in [-0.39, 0.29) is 0 Å². The minimum atomic E-state index is 0.467. The highest BCUT2D eigenvalue weighted by atomic mass is 14.9. The van der Waals surface area contributed by atoms with Crippen LogP contribution in [0.15, 0.2) is 54.6 Å². The number of nitrogens with one attached hydrogen (secondary N) is 1. The van der Waals surface area contributed by atoms with E-state index in [1.54, 1.807) is 0 Å². The highest BCUT2D eigenvalue weighted by Crippen LogP contribution is 2.24. The third-order valence-corrected chi connectivity index (χ3v) is 4.63. The summed E-state index contributed by atoms with van der Waals surface area (Å²) < 4.78 is 0. The second-order valence-electron chi connectivity index (χ2n) is 6.50. The Morgan fingerprint density at radius 1 is 0.957 bits per heavy atom. The Bertz CT molecular complexity index is 661. The molecule has 2 aromatic carbocycles. The van der Waals surface area contributed by atoms with Crippen molar-refractivity contribution in [3.63, 3.8) is 0 Å². The Balaban J connectivity index is 1.62. The predicted molar refractivity (Wildman–Crippen MR) is 97.1 cm³/mol. The molecule has 0 heterocycles. The molecule has 23 heavy (non-hydrogen) atoms. The SMILES string of the molecule is Cc1ccc(CNC2CCCCC2C#Cc2ccccc2)cc1. The fourth-order valence-corrected chi connectivity index (χ4v) is 3.20. The van der Waals surface area contributed by atoms with Gasteiger partial charge in [-0.2, -0.15) is 0 Å². The molecule has 1 heteroatoms. The van der Waals surface area contributed by atoms with Gasteiger partial charge in [0.25, 0.3) is 0 Å². The molecule has 2 aromatic rings. The molecule has 1 N–H and O–H groups in total. The van der Waals surface area contributed by atoms with Crippen molar-refractivity contribution in [1.82, 2.24) is 5.32 Å². The first-order valence-corrected chi connectivity index (χ1v) is 8.67. The van der Waals surface area contributed by atoms with Gasteiger partial charge in [-0.3, -0.25) is 0 Å². The van der Waals surface area contributed by atoms with Crippen LogP contribution in [-0.2, 0) is 6.54 Å². The lowest BCUT2D eigenvalue weighted by atomic mass is 9.84. The lowest BCUT2D eigenvalue weighted by molar-refractivity contribution is 0.313. The number of aryl methyl sites for hydroxylation is 1. The van der Waals surface area contributed by atoms with Crippen molar-refractivity contribution >= 4 is 0 Å². The number of rotatable bonds is 3. The minimum Gasteiger partial charge on any atom is -0.309 e. The topological polar surface area (TPSA) is 12.0 Å². The summed E-state index contributed by atoms with van der Waals surface area (Å²) >= 11 is 0. The molecule has 1 saturated carbocycles. The van der Waals surface area contributed by atoms with E-state index in [2.05, 4.69) is 72.6 Å². The van der Waals surface area contributed by atoms with Crippen LogP contribution in [0.25, 0.3) is 0 Å². The monoisotopic (exact) mass is 303 g/mol. The zero-order valence-electron chi connectivity index (χ0n) is 13.9. The van der Waals surface area contributed by atoms with Gasteiger partial charge in [0, 0.05) is 24.1 Å². The second kappa shape index (κ2) is 7.99. The van der Waals surface area contributed by atoms with Gasteiger partial charge in [0.05, 0.1) is 0 Å². The number of benzene rings is 2. The van der Waals surface area contributed by atoms with E-state index in [4.69, 9.17) is 0 Å².